The summed E-state index contributed by atoms with van der Waals surface area (Å²) in [4.78, 5) is 53.7. The van der Waals surface area contributed by atoms with Gasteiger partial charge in [-0.25, -0.2) is 19.3 Å². The van der Waals surface area contributed by atoms with Crippen LogP contribution in [0.3, 0.4) is 0 Å². The number of hydrogen-bond acceptors (Lipinski definition) is 6. The zero-order valence-electron chi connectivity index (χ0n) is 17.6. The van der Waals surface area contributed by atoms with Gasteiger partial charge < -0.3 is 9.47 Å². The second kappa shape index (κ2) is 7.93. The van der Waals surface area contributed by atoms with Crippen LogP contribution in [0.2, 0.25) is 0 Å². The van der Waals surface area contributed by atoms with E-state index in [0.717, 1.165) is 15.4 Å². The molecule has 1 aliphatic carbocycles. The lowest BCUT2D eigenvalue weighted by Crippen LogP contribution is -2.52. The van der Waals surface area contributed by atoms with Gasteiger partial charge in [-0.05, 0) is 39.7 Å². The molecule has 3 rings (SSSR count). The Kier molecular flexibility index (Phi) is 5.70. The number of ether oxygens (including phenoxy) is 2. The first-order valence-corrected chi connectivity index (χ1v) is 9.88. The Labute approximate surface area is 175 Å². The molecule has 30 heavy (non-hydrogen) atoms. The van der Waals surface area contributed by atoms with Crippen LogP contribution in [-0.2, 0) is 25.6 Å². The summed E-state index contributed by atoms with van der Waals surface area (Å²) >= 11 is 0. The van der Waals surface area contributed by atoms with Crippen molar-refractivity contribution < 1.29 is 28.7 Å². The molecule has 0 aromatic heterocycles. The van der Waals surface area contributed by atoms with Crippen molar-refractivity contribution in [2.24, 2.45) is 0 Å². The third-order valence-electron chi connectivity index (χ3n) is 4.96. The third-order valence-corrected chi connectivity index (χ3v) is 4.96. The first kappa shape index (κ1) is 21.5. The van der Waals surface area contributed by atoms with E-state index in [1.54, 1.807) is 58.0 Å². The number of urea groups is 1. The normalized spacial score (nSPS) is 21.3. The monoisotopic (exact) mass is 414 g/mol. The van der Waals surface area contributed by atoms with Crippen LogP contribution in [0.25, 0.3) is 0 Å². The Morgan fingerprint density at radius 3 is 2.40 bits per heavy atom. The highest BCUT2D eigenvalue weighted by molar-refractivity contribution is 6.14. The molecule has 1 saturated heterocycles. The van der Waals surface area contributed by atoms with Crippen molar-refractivity contribution in [1.82, 2.24) is 9.80 Å². The molecule has 0 unspecified atom stereocenters. The molecule has 2 aliphatic rings. The second-order valence-electron chi connectivity index (χ2n) is 8.34. The van der Waals surface area contributed by atoms with Gasteiger partial charge in [-0.15, -0.1) is 0 Å². The van der Waals surface area contributed by atoms with Crippen LogP contribution in [0.5, 0.6) is 0 Å². The number of imide groups is 2. The van der Waals surface area contributed by atoms with Crippen LogP contribution >= 0.6 is 0 Å². The van der Waals surface area contributed by atoms with Crippen molar-refractivity contribution in [3.05, 3.63) is 47.5 Å². The van der Waals surface area contributed by atoms with Crippen LogP contribution < -0.4 is 0 Å². The number of benzene rings is 1. The Balaban J connectivity index is 1.95. The predicted molar refractivity (Wildman–Crippen MR) is 107 cm³/mol. The van der Waals surface area contributed by atoms with E-state index < -0.39 is 35.1 Å². The summed E-state index contributed by atoms with van der Waals surface area (Å²) in [6.45, 7) is 6.93. The van der Waals surface area contributed by atoms with Gasteiger partial charge in [0.05, 0.1) is 13.2 Å². The van der Waals surface area contributed by atoms with Crippen LogP contribution in [0, 0.1) is 0 Å². The molecule has 1 aromatic carbocycles. The molecule has 1 aliphatic heterocycles. The molecule has 0 N–H and O–H groups in total. The molecule has 1 fully saturated rings. The standard InChI is InChI=1S/C22H26N2O6/c1-5-29-17(25)16-11-12-22(13-16)18(26)23(14-15-9-7-6-8-10-15)19(27)24(22)20(28)30-21(2,3)4/h6-11H,5,12-14H2,1-4H3/t22-/m1/s1. The number of amides is 4. The van der Waals surface area contributed by atoms with Crippen molar-refractivity contribution >= 4 is 24.0 Å². The largest absolute Gasteiger partial charge is 0.463 e. The van der Waals surface area contributed by atoms with Gasteiger partial charge in [-0.2, -0.15) is 0 Å². The van der Waals surface area contributed by atoms with Gasteiger partial charge in [0.25, 0.3) is 5.91 Å². The number of esters is 1. The van der Waals surface area contributed by atoms with Crippen molar-refractivity contribution in [1.29, 1.82) is 0 Å². The number of rotatable bonds is 4. The van der Waals surface area contributed by atoms with Gasteiger partial charge in [0.15, 0.2) is 0 Å². The van der Waals surface area contributed by atoms with E-state index in [9.17, 15) is 19.2 Å². The number of hydrogen-bond donors (Lipinski definition) is 0. The van der Waals surface area contributed by atoms with Gasteiger partial charge >= 0.3 is 18.1 Å². The summed E-state index contributed by atoms with van der Waals surface area (Å²) in [7, 11) is 0. The Hall–Kier alpha value is -3.16. The zero-order chi connectivity index (χ0) is 22.1. The van der Waals surface area contributed by atoms with Gasteiger partial charge in [0, 0.05) is 12.0 Å². The summed E-state index contributed by atoms with van der Waals surface area (Å²) in [5.74, 6) is -1.09. The van der Waals surface area contributed by atoms with E-state index in [4.69, 9.17) is 9.47 Å². The van der Waals surface area contributed by atoms with Crippen LogP contribution in [0.4, 0.5) is 9.59 Å². The minimum absolute atomic E-state index is 0.0221. The SMILES string of the molecule is CCOC(=O)C1=CC[C@@]2(C1)C(=O)N(Cc1ccccc1)C(=O)N2C(=O)OC(C)(C)C. The topological polar surface area (TPSA) is 93.2 Å². The smallest absolute Gasteiger partial charge is 0.419 e. The zero-order valence-corrected chi connectivity index (χ0v) is 17.6. The third kappa shape index (κ3) is 3.94. The van der Waals surface area contributed by atoms with E-state index in [2.05, 4.69) is 0 Å². The minimum Gasteiger partial charge on any atom is -0.463 e. The summed E-state index contributed by atoms with van der Waals surface area (Å²) in [6.07, 6.45) is 0.596. The molecular weight excluding hydrogens is 388 g/mol. The first-order valence-electron chi connectivity index (χ1n) is 9.88. The molecule has 8 heteroatoms. The highest BCUT2D eigenvalue weighted by atomic mass is 16.6. The van der Waals surface area contributed by atoms with Crippen LogP contribution in [0.1, 0.15) is 46.1 Å². The number of nitrogens with zero attached hydrogens (tertiary/aromatic N) is 2. The van der Waals surface area contributed by atoms with Gasteiger partial charge in [-0.1, -0.05) is 36.4 Å². The number of carbonyl (C=O) groups excluding carboxylic acids is 4. The van der Waals surface area contributed by atoms with Crippen LogP contribution in [-0.4, -0.2) is 51.5 Å². The Morgan fingerprint density at radius 2 is 1.80 bits per heavy atom. The lowest BCUT2D eigenvalue weighted by molar-refractivity contribution is -0.139. The second-order valence-corrected chi connectivity index (χ2v) is 8.34. The predicted octanol–water partition coefficient (Wildman–Crippen LogP) is 3.41. The highest BCUT2D eigenvalue weighted by Crippen LogP contribution is 2.43. The fourth-order valence-corrected chi connectivity index (χ4v) is 3.67. The average molecular weight is 414 g/mol. The molecule has 1 atom stereocenters. The Bertz CT molecular complexity index is 902. The van der Waals surface area contributed by atoms with E-state index >= 15 is 0 Å². The summed E-state index contributed by atoms with van der Waals surface area (Å²) < 4.78 is 10.5. The van der Waals surface area contributed by atoms with Crippen LogP contribution in [0.15, 0.2) is 42.0 Å². The molecule has 8 nitrogen and oxygen atoms in total. The van der Waals surface area contributed by atoms with E-state index in [1.807, 2.05) is 6.07 Å². The minimum atomic E-state index is -1.52. The fourth-order valence-electron chi connectivity index (χ4n) is 3.67. The molecule has 0 bridgehead atoms. The fraction of sp³-hybridized carbons (Fsp3) is 0.455. The summed E-state index contributed by atoms with van der Waals surface area (Å²) in [6, 6.07) is 8.27. The van der Waals surface area contributed by atoms with Crippen molar-refractivity contribution in [2.75, 3.05) is 6.61 Å². The summed E-state index contributed by atoms with van der Waals surface area (Å²) in [5.41, 5.74) is -1.36. The van der Waals surface area contributed by atoms with E-state index in [-0.39, 0.29) is 31.6 Å². The lowest BCUT2D eigenvalue weighted by atomic mass is 9.93. The molecule has 1 heterocycles. The lowest BCUT2D eigenvalue weighted by Gasteiger charge is -2.31. The van der Waals surface area contributed by atoms with Gasteiger partial charge in [0.1, 0.15) is 11.1 Å². The van der Waals surface area contributed by atoms with Gasteiger partial charge in [-0.3, -0.25) is 9.69 Å². The van der Waals surface area contributed by atoms with E-state index in [1.165, 1.54) is 0 Å². The molecule has 160 valence electrons. The quantitative estimate of drug-likeness (QED) is 0.554. The molecule has 4 amide bonds. The molecule has 0 radical (unpaired) electrons. The maximum absolute atomic E-state index is 13.4. The maximum atomic E-state index is 13.4. The first-order chi connectivity index (χ1) is 14.1. The Morgan fingerprint density at radius 1 is 1.13 bits per heavy atom. The average Bonchev–Trinajstić information content (AvgIpc) is 3.18. The number of carbonyl (C=O) groups is 4. The van der Waals surface area contributed by atoms with Gasteiger partial charge in [0.2, 0.25) is 0 Å². The molecule has 0 saturated carbocycles. The van der Waals surface area contributed by atoms with E-state index in [0.29, 0.717) is 0 Å². The highest BCUT2D eigenvalue weighted by Gasteiger charge is 2.62. The molecule has 1 spiro atoms. The van der Waals surface area contributed by atoms with Crippen molar-refractivity contribution in [3.63, 3.8) is 0 Å². The molecular formula is C22H26N2O6. The summed E-state index contributed by atoms with van der Waals surface area (Å²) in [5, 5.41) is 0. The maximum Gasteiger partial charge on any atom is 0.419 e. The van der Waals surface area contributed by atoms with Crippen molar-refractivity contribution in [3.8, 4) is 0 Å². The molecule has 1 aromatic rings. The van der Waals surface area contributed by atoms with Crippen molar-refractivity contribution in [2.45, 2.75) is 58.2 Å².